The molecular formula is C24H17BrN2OS. The topological polar surface area (TPSA) is 32.3 Å². The summed E-state index contributed by atoms with van der Waals surface area (Å²) in [5.41, 5.74) is 2.29. The molecule has 0 aliphatic carbocycles. The van der Waals surface area contributed by atoms with Gasteiger partial charge >= 0.3 is 0 Å². The van der Waals surface area contributed by atoms with Crippen molar-refractivity contribution in [2.45, 2.75) is 0 Å². The molecule has 0 saturated carbocycles. The number of amides is 1. The van der Waals surface area contributed by atoms with Crippen molar-refractivity contribution >= 4 is 61.3 Å². The summed E-state index contributed by atoms with van der Waals surface area (Å²) in [6.45, 7) is 0. The van der Waals surface area contributed by atoms with Crippen LogP contribution >= 0.6 is 28.1 Å². The molecule has 5 heteroatoms. The summed E-state index contributed by atoms with van der Waals surface area (Å²) in [6.07, 6.45) is 0. The molecule has 0 saturated heterocycles. The Hall–Kier alpha value is -3.02. The zero-order valence-corrected chi connectivity index (χ0v) is 17.8. The molecule has 1 amide bonds. The predicted molar refractivity (Wildman–Crippen MR) is 127 cm³/mol. The SMILES string of the molecule is O=C(NC(=S)N(c1ccccc1)c1ccc2ccccc2c1)c1ccccc1Br. The van der Waals surface area contributed by atoms with E-state index in [1.54, 1.807) is 6.07 Å². The van der Waals surface area contributed by atoms with Gasteiger partial charge in [0.15, 0.2) is 5.11 Å². The van der Waals surface area contributed by atoms with Crippen LogP contribution in [0.5, 0.6) is 0 Å². The van der Waals surface area contributed by atoms with Crippen molar-refractivity contribution in [3.63, 3.8) is 0 Å². The summed E-state index contributed by atoms with van der Waals surface area (Å²) >= 11 is 9.08. The van der Waals surface area contributed by atoms with E-state index in [0.717, 1.165) is 26.6 Å². The first-order valence-corrected chi connectivity index (χ1v) is 10.3. The number of para-hydroxylation sites is 1. The Morgan fingerprint density at radius 2 is 1.41 bits per heavy atom. The molecule has 0 aromatic heterocycles. The number of rotatable bonds is 3. The highest BCUT2D eigenvalue weighted by Gasteiger charge is 2.19. The Kier molecular flexibility index (Phi) is 5.69. The number of anilines is 2. The van der Waals surface area contributed by atoms with Crippen molar-refractivity contribution in [3.8, 4) is 0 Å². The van der Waals surface area contributed by atoms with Gasteiger partial charge in [0, 0.05) is 15.8 Å². The molecule has 1 N–H and O–H groups in total. The number of thiocarbonyl (C=S) groups is 1. The quantitative estimate of drug-likeness (QED) is 0.356. The first-order chi connectivity index (χ1) is 14.1. The fourth-order valence-electron chi connectivity index (χ4n) is 3.14. The molecule has 0 aliphatic heterocycles. The van der Waals surface area contributed by atoms with Crippen LogP contribution in [0.1, 0.15) is 10.4 Å². The maximum absolute atomic E-state index is 12.8. The monoisotopic (exact) mass is 460 g/mol. The van der Waals surface area contributed by atoms with Gasteiger partial charge in [0.25, 0.3) is 5.91 Å². The average Bonchev–Trinajstić information content (AvgIpc) is 2.75. The van der Waals surface area contributed by atoms with Gasteiger partial charge in [-0.15, -0.1) is 0 Å². The van der Waals surface area contributed by atoms with Crippen molar-refractivity contribution in [1.29, 1.82) is 0 Å². The number of nitrogens with one attached hydrogen (secondary N) is 1. The van der Waals surface area contributed by atoms with Crippen LogP contribution in [-0.4, -0.2) is 11.0 Å². The van der Waals surface area contributed by atoms with Crippen LogP contribution in [-0.2, 0) is 0 Å². The van der Waals surface area contributed by atoms with Crippen LogP contribution < -0.4 is 10.2 Å². The number of halogens is 1. The molecule has 0 atom stereocenters. The lowest BCUT2D eigenvalue weighted by Gasteiger charge is -2.26. The van der Waals surface area contributed by atoms with Crippen molar-refractivity contribution in [2.24, 2.45) is 0 Å². The molecule has 0 aliphatic rings. The van der Waals surface area contributed by atoms with Crippen LogP contribution in [0.15, 0.2) is 102 Å². The molecule has 0 heterocycles. The molecule has 4 aromatic carbocycles. The van der Waals surface area contributed by atoms with Crippen LogP contribution in [0.3, 0.4) is 0 Å². The third-order valence-electron chi connectivity index (χ3n) is 4.55. The Balaban J connectivity index is 1.71. The fraction of sp³-hybridized carbons (Fsp3) is 0. The number of hydrogen-bond acceptors (Lipinski definition) is 2. The summed E-state index contributed by atoms with van der Waals surface area (Å²) in [4.78, 5) is 14.7. The van der Waals surface area contributed by atoms with E-state index in [1.807, 2.05) is 71.6 Å². The average molecular weight is 461 g/mol. The molecule has 4 aromatic rings. The second-order valence-corrected chi connectivity index (χ2v) is 7.68. The normalized spacial score (nSPS) is 10.5. The van der Waals surface area contributed by atoms with Gasteiger partial charge in [0.1, 0.15) is 0 Å². The van der Waals surface area contributed by atoms with Crippen LogP contribution in [0, 0.1) is 0 Å². The summed E-state index contributed by atoms with van der Waals surface area (Å²) < 4.78 is 0.720. The number of hydrogen-bond donors (Lipinski definition) is 1. The molecule has 3 nitrogen and oxygen atoms in total. The second-order valence-electron chi connectivity index (χ2n) is 6.44. The molecule has 4 rings (SSSR count). The predicted octanol–water partition coefficient (Wildman–Crippen LogP) is 6.46. The Labute approximate surface area is 183 Å². The van der Waals surface area contributed by atoms with Gasteiger partial charge in [-0.3, -0.25) is 15.0 Å². The maximum Gasteiger partial charge on any atom is 0.258 e. The number of carbonyl (C=O) groups excluding carboxylic acids is 1. The number of nitrogens with zero attached hydrogens (tertiary/aromatic N) is 1. The number of carbonyl (C=O) groups is 1. The van der Waals surface area contributed by atoms with E-state index in [4.69, 9.17) is 12.2 Å². The van der Waals surface area contributed by atoms with Crippen LogP contribution in [0.2, 0.25) is 0 Å². The van der Waals surface area contributed by atoms with E-state index >= 15 is 0 Å². The van der Waals surface area contributed by atoms with E-state index in [9.17, 15) is 4.79 Å². The van der Waals surface area contributed by atoms with Gasteiger partial charge in [0.05, 0.1) is 5.56 Å². The van der Waals surface area contributed by atoms with Gasteiger partial charge in [-0.2, -0.15) is 0 Å². The van der Waals surface area contributed by atoms with Gasteiger partial charge in [-0.1, -0.05) is 60.7 Å². The second kappa shape index (κ2) is 8.55. The van der Waals surface area contributed by atoms with Crippen molar-refractivity contribution < 1.29 is 4.79 Å². The van der Waals surface area contributed by atoms with E-state index in [2.05, 4.69) is 45.5 Å². The molecule has 0 unspecified atom stereocenters. The maximum atomic E-state index is 12.8. The highest BCUT2D eigenvalue weighted by molar-refractivity contribution is 9.10. The van der Waals surface area contributed by atoms with Crippen LogP contribution in [0.25, 0.3) is 10.8 Å². The van der Waals surface area contributed by atoms with Crippen molar-refractivity contribution in [2.75, 3.05) is 4.90 Å². The Morgan fingerprint density at radius 3 is 2.17 bits per heavy atom. The number of fused-ring (bicyclic) bond motifs is 1. The zero-order valence-electron chi connectivity index (χ0n) is 15.4. The molecular weight excluding hydrogens is 444 g/mol. The molecule has 0 radical (unpaired) electrons. The molecule has 29 heavy (non-hydrogen) atoms. The van der Waals surface area contributed by atoms with Crippen molar-refractivity contribution in [1.82, 2.24) is 5.32 Å². The summed E-state index contributed by atoms with van der Waals surface area (Å²) in [5.74, 6) is -0.260. The molecule has 142 valence electrons. The van der Waals surface area contributed by atoms with E-state index < -0.39 is 0 Å². The standard InChI is InChI=1S/C24H17BrN2OS/c25-22-13-7-6-12-21(22)23(28)26-24(29)27(19-10-2-1-3-11-19)20-15-14-17-8-4-5-9-18(17)16-20/h1-16H,(H,26,28,29). The summed E-state index contributed by atoms with van der Waals surface area (Å²) in [7, 11) is 0. The lowest BCUT2D eigenvalue weighted by atomic mass is 10.1. The van der Waals surface area contributed by atoms with Gasteiger partial charge < -0.3 is 0 Å². The van der Waals surface area contributed by atoms with E-state index in [-0.39, 0.29) is 5.91 Å². The lowest BCUT2D eigenvalue weighted by molar-refractivity contribution is 0.0976. The minimum atomic E-state index is -0.260. The third kappa shape index (κ3) is 4.21. The van der Waals surface area contributed by atoms with Crippen LogP contribution in [0.4, 0.5) is 11.4 Å². The lowest BCUT2D eigenvalue weighted by Crippen LogP contribution is -2.40. The molecule has 0 bridgehead atoms. The highest BCUT2D eigenvalue weighted by Crippen LogP contribution is 2.29. The first kappa shape index (κ1) is 19.3. The van der Waals surface area contributed by atoms with Gasteiger partial charge in [-0.25, -0.2) is 0 Å². The Bertz CT molecular complexity index is 1190. The third-order valence-corrected chi connectivity index (χ3v) is 5.52. The van der Waals surface area contributed by atoms with Crippen molar-refractivity contribution in [3.05, 3.63) is 107 Å². The minimum absolute atomic E-state index is 0.260. The molecule has 0 fully saturated rings. The smallest absolute Gasteiger partial charge is 0.258 e. The van der Waals surface area contributed by atoms with Gasteiger partial charge in [-0.05, 0) is 75.3 Å². The molecule has 0 spiro atoms. The summed E-state index contributed by atoms with van der Waals surface area (Å²) in [5, 5.41) is 5.43. The van der Waals surface area contributed by atoms with E-state index in [0.29, 0.717) is 10.7 Å². The minimum Gasteiger partial charge on any atom is -0.298 e. The van der Waals surface area contributed by atoms with Gasteiger partial charge in [0.2, 0.25) is 0 Å². The fourth-order valence-corrected chi connectivity index (χ4v) is 3.91. The largest absolute Gasteiger partial charge is 0.298 e. The van der Waals surface area contributed by atoms with E-state index in [1.165, 1.54) is 0 Å². The zero-order chi connectivity index (χ0) is 20.2. The number of benzene rings is 4. The Morgan fingerprint density at radius 1 is 0.759 bits per heavy atom. The summed E-state index contributed by atoms with van der Waals surface area (Å²) in [6, 6.07) is 31.3. The first-order valence-electron chi connectivity index (χ1n) is 9.07. The highest BCUT2D eigenvalue weighted by atomic mass is 79.9.